The first-order chi connectivity index (χ1) is 12.1. The van der Waals surface area contributed by atoms with Gasteiger partial charge in [-0.05, 0) is 61.0 Å². The van der Waals surface area contributed by atoms with Crippen LogP contribution in [-0.4, -0.2) is 41.9 Å². The van der Waals surface area contributed by atoms with Gasteiger partial charge in [-0.15, -0.1) is 11.3 Å². The molecule has 134 valence electrons. The molecule has 0 aliphatic carbocycles. The molecule has 1 saturated heterocycles. The van der Waals surface area contributed by atoms with Crippen LogP contribution in [0.2, 0.25) is 5.02 Å². The van der Waals surface area contributed by atoms with E-state index < -0.39 is 0 Å². The van der Waals surface area contributed by atoms with E-state index in [2.05, 4.69) is 11.8 Å². The summed E-state index contributed by atoms with van der Waals surface area (Å²) in [6.45, 7) is 6.93. The third-order valence-corrected chi connectivity index (χ3v) is 5.98. The van der Waals surface area contributed by atoms with Gasteiger partial charge in [0, 0.05) is 24.7 Å². The van der Waals surface area contributed by atoms with Crippen molar-refractivity contribution in [1.29, 1.82) is 0 Å². The third-order valence-electron chi connectivity index (χ3n) is 4.87. The quantitative estimate of drug-likeness (QED) is 0.724. The number of nitrogens with zero attached hydrogens (tertiary/aromatic N) is 2. The minimum absolute atomic E-state index is 0.121. The molecule has 0 saturated carbocycles. The fourth-order valence-electron chi connectivity index (χ4n) is 3.17. The molecule has 1 fully saturated rings. The molecule has 2 aromatic rings. The van der Waals surface area contributed by atoms with Gasteiger partial charge >= 0.3 is 0 Å². The highest BCUT2D eigenvalue weighted by Gasteiger charge is 2.20. The molecule has 2 heterocycles. The normalized spacial score (nSPS) is 16.1. The van der Waals surface area contributed by atoms with Crippen LogP contribution in [0.1, 0.15) is 35.0 Å². The Balaban J connectivity index is 1.65. The fourth-order valence-corrected chi connectivity index (χ4v) is 3.98. The van der Waals surface area contributed by atoms with E-state index in [-0.39, 0.29) is 5.91 Å². The minimum Gasteiger partial charge on any atom is -0.332 e. The van der Waals surface area contributed by atoms with Crippen LogP contribution >= 0.6 is 22.9 Å². The van der Waals surface area contributed by atoms with Gasteiger partial charge in [0.05, 0.1) is 4.88 Å². The van der Waals surface area contributed by atoms with E-state index in [9.17, 15) is 4.79 Å². The van der Waals surface area contributed by atoms with E-state index in [1.165, 1.54) is 24.2 Å². The summed E-state index contributed by atoms with van der Waals surface area (Å²) >= 11 is 7.49. The average molecular weight is 377 g/mol. The Morgan fingerprint density at radius 1 is 1.24 bits per heavy atom. The highest BCUT2D eigenvalue weighted by atomic mass is 35.5. The summed E-state index contributed by atoms with van der Waals surface area (Å²) in [5.74, 6) is 0.949. The third kappa shape index (κ3) is 5.30. The molecule has 1 aromatic carbocycles. The molecular formula is C20H25ClN2OS. The molecule has 1 aliphatic rings. The van der Waals surface area contributed by atoms with E-state index in [0.717, 1.165) is 47.6 Å². The number of piperidine rings is 1. The number of thiophene rings is 1. The van der Waals surface area contributed by atoms with Gasteiger partial charge in [0.2, 0.25) is 0 Å². The van der Waals surface area contributed by atoms with Gasteiger partial charge < -0.3 is 9.80 Å². The molecule has 0 unspecified atom stereocenters. The molecule has 0 radical (unpaired) electrons. The Morgan fingerprint density at radius 2 is 1.96 bits per heavy atom. The lowest BCUT2D eigenvalue weighted by molar-refractivity contribution is 0.0714. The number of carbonyl (C=O) groups excluding carboxylic acids is 1. The zero-order chi connectivity index (χ0) is 17.6. The molecule has 25 heavy (non-hydrogen) atoms. The van der Waals surface area contributed by atoms with E-state index in [4.69, 9.17) is 11.6 Å². The summed E-state index contributed by atoms with van der Waals surface area (Å²) in [6, 6.07) is 11.6. The van der Waals surface area contributed by atoms with E-state index >= 15 is 0 Å². The second-order valence-electron chi connectivity index (χ2n) is 6.85. The molecule has 0 bridgehead atoms. The second kappa shape index (κ2) is 8.84. The van der Waals surface area contributed by atoms with Gasteiger partial charge in [-0.1, -0.05) is 36.7 Å². The van der Waals surface area contributed by atoms with Crippen molar-refractivity contribution < 1.29 is 4.79 Å². The zero-order valence-corrected chi connectivity index (χ0v) is 16.2. The van der Waals surface area contributed by atoms with Crippen LogP contribution in [0.5, 0.6) is 0 Å². The van der Waals surface area contributed by atoms with Crippen molar-refractivity contribution in [3.8, 4) is 0 Å². The van der Waals surface area contributed by atoms with Gasteiger partial charge in [-0.25, -0.2) is 0 Å². The molecule has 1 aliphatic heterocycles. The zero-order valence-electron chi connectivity index (χ0n) is 14.7. The summed E-state index contributed by atoms with van der Waals surface area (Å²) in [7, 11) is 0. The smallest absolute Gasteiger partial charge is 0.264 e. The molecular weight excluding hydrogens is 352 g/mol. The Morgan fingerprint density at radius 3 is 2.60 bits per heavy atom. The Bertz CT molecular complexity index is 664. The first-order valence-corrected chi connectivity index (χ1v) is 10.2. The second-order valence-corrected chi connectivity index (χ2v) is 8.24. The van der Waals surface area contributed by atoms with Crippen molar-refractivity contribution in [2.24, 2.45) is 5.92 Å². The van der Waals surface area contributed by atoms with Crippen molar-refractivity contribution in [1.82, 2.24) is 9.80 Å². The van der Waals surface area contributed by atoms with Crippen molar-refractivity contribution in [2.45, 2.75) is 26.3 Å². The molecule has 5 heteroatoms. The summed E-state index contributed by atoms with van der Waals surface area (Å²) in [6.07, 6.45) is 2.52. The van der Waals surface area contributed by atoms with Gasteiger partial charge in [-0.3, -0.25) is 4.79 Å². The maximum atomic E-state index is 12.9. The van der Waals surface area contributed by atoms with Crippen LogP contribution in [-0.2, 0) is 6.54 Å². The highest BCUT2D eigenvalue weighted by Crippen LogP contribution is 2.18. The Labute approximate surface area is 159 Å². The molecule has 0 spiro atoms. The van der Waals surface area contributed by atoms with Gasteiger partial charge in [0.1, 0.15) is 0 Å². The standard InChI is InChI=1S/C20H25ClN2OS/c1-16-8-10-22(11-9-16)12-13-23(20(24)19-3-2-14-25-19)15-17-4-6-18(21)7-5-17/h2-7,14,16H,8-13,15H2,1H3. The fraction of sp³-hybridized carbons (Fsp3) is 0.450. The van der Waals surface area contributed by atoms with Crippen LogP contribution in [0.25, 0.3) is 0 Å². The maximum absolute atomic E-state index is 12.9. The molecule has 1 aromatic heterocycles. The van der Waals surface area contributed by atoms with Gasteiger partial charge in [0.15, 0.2) is 0 Å². The van der Waals surface area contributed by atoms with Crippen molar-refractivity contribution in [3.63, 3.8) is 0 Å². The number of carbonyl (C=O) groups is 1. The predicted octanol–water partition coefficient (Wildman–Crippen LogP) is 4.78. The summed E-state index contributed by atoms with van der Waals surface area (Å²) in [5.41, 5.74) is 1.11. The minimum atomic E-state index is 0.121. The maximum Gasteiger partial charge on any atom is 0.264 e. The first kappa shape index (κ1) is 18.4. The lowest BCUT2D eigenvalue weighted by Gasteiger charge is -2.32. The summed E-state index contributed by atoms with van der Waals surface area (Å²) in [4.78, 5) is 18.1. The van der Waals surface area contributed by atoms with Crippen molar-refractivity contribution in [3.05, 3.63) is 57.2 Å². The molecule has 0 atom stereocenters. The van der Waals surface area contributed by atoms with Crippen molar-refractivity contribution in [2.75, 3.05) is 26.2 Å². The molecule has 3 nitrogen and oxygen atoms in total. The van der Waals surface area contributed by atoms with Crippen LogP contribution in [0.4, 0.5) is 0 Å². The Hall–Kier alpha value is -1.36. The molecule has 0 N–H and O–H groups in total. The van der Waals surface area contributed by atoms with Crippen molar-refractivity contribution >= 4 is 28.8 Å². The van der Waals surface area contributed by atoms with Crippen LogP contribution in [0.15, 0.2) is 41.8 Å². The number of hydrogen-bond acceptors (Lipinski definition) is 3. The number of likely N-dealkylation sites (tertiary alicyclic amines) is 1. The average Bonchev–Trinajstić information content (AvgIpc) is 3.16. The highest BCUT2D eigenvalue weighted by molar-refractivity contribution is 7.12. The number of rotatable bonds is 6. The lowest BCUT2D eigenvalue weighted by atomic mass is 9.99. The monoisotopic (exact) mass is 376 g/mol. The predicted molar refractivity (Wildman–Crippen MR) is 105 cm³/mol. The van der Waals surface area contributed by atoms with Gasteiger partial charge in [0.25, 0.3) is 5.91 Å². The Kier molecular flexibility index (Phi) is 6.51. The number of benzene rings is 1. The largest absolute Gasteiger partial charge is 0.332 e. The number of halogens is 1. The van der Waals surface area contributed by atoms with E-state index in [0.29, 0.717) is 6.54 Å². The molecule has 3 rings (SSSR count). The topological polar surface area (TPSA) is 23.6 Å². The summed E-state index contributed by atoms with van der Waals surface area (Å²) in [5, 5.41) is 2.68. The lowest BCUT2D eigenvalue weighted by Crippen LogP contribution is -2.41. The number of hydrogen-bond donors (Lipinski definition) is 0. The molecule has 1 amide bonds. The van der Waals surface area contributed by atoms with E-state index in [1.807, 2.05) is 46.7 Å². The summed E-state index contributed by atoms with van der Waals surface area (Å²) < 4.78 is 0. The first-order valence-electron chi connectivity index (χ1n) is 8.91. The number of amides is 1. The van der Waals surface area contributed by atoms with E-state index in [1.54, 1.807) is 0 Å². The van der Waals surface area contributed by atoms with Gasteiger partial charge in [-0.2, -0.15) is 0 Å². The SMILES string of the molecule is CC1CCN(CCN(Cc2ccc(Cl)cc2)C(=O)c2cccs2)CC1. The van der Waals surface area contributed by atoms with Crippen LogP contribution in [0.3, 0.4) is 0 Å². The van der Waals surface area contributed by atoms with Crippen LogP contribution < -0.4 is 0 Å². The van der Waals surface area contributed by atoms with Crippen LogP contribution in [0, 0.1) is 5.92 Å².